The average Bonchev–Trinajstić information content (AvgIpc) is 1.91. The molecule has 0 aromatic carbocycles. The summed E-state index contributed by atoms with van der Waals surface area (Å²) in [6, 6.07) is 0. The Morgan fingerprint density at radius 3 is 2.78 bits per heavy atom. The fraction of sp³-hybridized carbons (Fsp3) is 0.286. The monoisotopic (exact) mass is 187 g/mol. The van der Waals surface area contributed by atoms with Gasteiger partial charge in [-0.25, -0.2) is 0 Å². The maximum atomic E-state index is 3.98. The van der Waals surface area contributed by atoms with E-state index < -0.39 is 0 Å². The summed E-state index contributed by atoms with van der Waals surface area (Å²) in [7, 11) is 1.77. The van der Waals surface area contributed by atoms with Gasteiger partial charge in [-0.15, -0.1) is 0 Å². The predicted octanol–water partition coefficient (Wildman–Crippen LogP) is 2.19. The molecule has 0 N–H and O–H groups in total. The molecule has 0 saturated carbocycles. The summed E-state index contributed by atoms with van der Waals surface area (Å²) in [6.07, 6.45) is 5.51. The van der Waals surface area contributed by atoms with Gasteiger partial charge in [0.05, 0.1) is 0 Å². The molecule has 50 valence electrons. The van der Waals surface area contributed by atoms with Gasteiger partial charge in [0.2, 0.25) is 0 Å². The fourth-order valence-corrected chi connectivity index (χ4v) is 0.796. The van der Waals surface area contributed by atoms with Gasteiger partial charge >= 0.3 is 0 Å². The van der Waals surface area contributed by atoms with Crippen LogP contribution in [0.1, 0.15) is 0 Å². The first-order chi connectivity index (χ1) is 4.35. The first-order valence-corrected chi connectivity index (χ1v) is 3.78. The summed E-state index contributed by atoms with van der Waals surface area (Å²) in [5, 5.41) is 0.799. The maximum absolute atomic E-state index is 3.98. The van der Waals surface area contributed by atoms with Gasteiger partial charge in [-0.1, -0.05) is 34.7 Å². The van der Waals surface area contributed by atoms with Crippen molar-refractivity contribution < 1.29 is 0 Å². The Labute approximate surface area is 64.3 Å². The van der Waals surface area contributed by atoms with Crippen LogP contribution >= 0.6 is 15.9 Å². The van der Waals surface area contributed by atoms with Crippen molar-refractivity contribution in [3.63, 3.8) is 0 Å². The van der Waals surface area contributed by atoms with Crippen LogP contribution in [-0.2, 0) is 0 Å². The number of nitrogens with zero attached hydrogens (tertiary/aromatic N) is 1. The van der Waals surface area contributed by atoms with Crippen LogP contribution in [0.4, 0.5) is 0 Å². The van der Waals surface area contributed by atoms with E-state index in [0.717, 1.165) is 11.0 Å². The van der Waals surface area contributed by atoms with E-state index in [0.29, 0.717) is 0 Å². The van der Waals surface area contributed by atoms with Crippen LogP contribution in [0.3, 0.4) is 0 Å². The molecule has 9 heavy (non-hydrogen) atoms. The zero-order chi connectivity index (χ0) is 7.11. The second-order valence-corrected chi connectivity index (χ2v) is 2.00. The van der Waals surface area contributed by atoms with Gasteiger partial charge in [-0.05, 0) is 6.08 Å². The van der Waals surface area contributed by atoms with E-state index in [4.69, 9.17) is 0 Å². The van der Waals surface area contributed by atoms with Crippen LogP contribution in [-0.4, -0.2) is 18.1 Å². The standard InChI is InChI=1S/C7H10BrN/c1-3-4-5-7(6-8)9-2/h3-5H,1,6H2,2H3/b5-4-,9-7?. The summed E-state index contributed by atoms with van der Waals surface area (Å²) < 4.78 is 0. The summed E-state index contributed by atoms with van der Waals surface area (Å²) in [6.45, 7) is 3.54. The van der Waals surface area contributed by atoms with E-state index in [-0.39, 0.29) is 0 Å². The third kappa shape index (κ3) is 4.15. The minimum Gasteiger partial charge on any atom is -0.292 e. The van der Waals surface area contributed by atoms with Gasteiger partial charge in [-0.2, -0.15) is 0 Å². The number of aliphatic imine (C=N–C) groups is 1. The van der Waals surface area contributed by atoms with E-state index >= 15 is 0 Å². The number of halogens is 1. The molecule has 0 rings (SSSR count). The van der Waals surface area contributed by atoms with E-state index in [1.165, 1.54) is 0 Å². The van der Waals surface area contributed by atoms with Crippen LogP contribution in [0.2, 0.25) is 0 Å². The zero-order valence-electron chi connectivity index (χ0n) is 5.47. The fourth-order valence-electron chi connectivity index (χ4n) is 0.358. The average molecular weight is 188 g/mol. The molecule has 0 unspecified atom stereocenters. The predicted molar refractivity (Wildman–Crippen MR) is 46.5 cm³/mol. The van der Waals surface area contributed by atoms with Crippen molar-refractivity contribution >= 4 is 21.6 Å². The maximum Gasteiger partial charge on any atom is 0.0452 e. The van der Waals surface area contributed by atoms with Crippen molar-refractivity contribution in [3.8, 4) is 0 Å². The Bertz CT molecular complexity index is 136. The lowest BCUT2D eigenvalue weighted by Gasteiger charge is -1.87. The third-order valence-electron chi connectivity index (χ3n) is 0.849. The van der Waals surface area contributed by atoms with Gasteiger partial charge in [0.1, 0.15) is 0 Å². The molecule has 0 atom stereocenters. The Morgan fingerprint density at radius 1 is 1.78 bits per heavy atom. The van der Waals surface area contributed by atoms with E-state index in [2.05, 4.69) is 27.5 Å². The Balaban J connectivity index is 3.84. The van der Waals surface area contributed by atoms with Crippen molar-refractivity contribution in [2.45, 2.75) is 0 Å². The quantitative estimate of drug-likeness (QED) is 0.365. The molecule has 0 aliphatic rings. The molecule has 0 saturated heterocycles. The Hall–Kier alpha value is -0.370. The lowest BCUT2D eigenvalue weighted by molar-refractivity contribution is 1.44. The van der Waals surface area contributed by atoms with Crippen LogP contribution in [0.15, 0.2) is 29.8 Å². The second kappa shape index (κ2) is 5.76. The first-order valence-electron chi connectivity index (χ1n) is 2.66. The van der Waals surface area contributed by atoms with E-state index in [1.54, 1.807) is 13.1 Å². The lowest BCUT2D eigenvalue weighted by Crippen LogP contribution is -1.92. The highest BCUT2D eigenvalue weighted by Crippen LogP contribution is 1.87. The molecule has 0 aliphatic heterocycles. The minimum absolute atomic E-state index is 0.799. The number of hydrogen-bond acceptors (Lipinski definition) is 1. The molecule has 0 fully saturated rings. The van der Waals surface area contributed by atoms with Crippen LogP contribution in [0.25, 0.3) is 0 Å². The van der Waals surface area contributed by atoms with Gasteiger partial charge in [0.15, 0.2) is 0 Å². The molecule has 0 amide bonds. The van der Waals surface area contributed by atoms with Gasteiger partial charge < -0.3 is 0 Å². The topological polar surface area (TPSA) is 12.4 Å². The molecule has 2 heteroatoms. The SMILES string of the molecule is C=C/C=C\C(CBr)=NC. The molecule has 0 aromatic rings. The molecule has 0 radical (unpaired) electrons. The molecule has 0 bridgehead atoms. The summed E-state index contributed by atoms with van der Waals surface area (Å²) in [4.78, 5) is 3.98. The summed E-state index contributed by atoms with van der Waals surface area (Å²) in [5.74, 6) is 0. The zero-order valence-corrected chi connectivity index (χ0v) is 7.06. The minimum atomic E-state index is 0.799. The number of rotatable bonds is 3. The van der Waals surface area contributed by atoms with Crippen LogP contribution in [0.5, 0.6) is 0 Å². The lowest BCUT2D eigenvalue weighted by atomic mass is 10.4. The van der Waals surface area contributed by atoms with Crippen molar-refractivity contribution in [2.24, 2.45) is 4.99 Å². The molecule has 1 nitrogen and oxygen atoms in total. The molecule has 0 heterocycles. The molecular formula is C7H10BrN. The van der Waals surface area contributed by atoms with Crippen molar-refractivity contribution in [1.82, 2.24) is 0 Å². The summed E-state index contributed by atoms with van der Waals surface area (Å²) in [5.41, 5.74) is 1.02. The van der Waals surface area contributed by atoms with Crippen LogP contribution in [0, 0.1) is 0 Å². The van der Waals surface area contributed by atoms with Gasteiger partial charge in [0.25, 0.3) is 0 Å². The van der Waals surface area contributed by atoms with Gasteiger partial charge in [-0.3, -0.25) is 4.99 Å². The second-order valence-electron chi connectivity index (χ2n) is 1.44. The van der Waals surface area contributed by atoms with E-state index in [9.17, 15) is 0 Å². The Morgan fingerprint density at radius 2 is 2.44 bits per heavy atom. The van der Waals surface area contributed by atoms with Gasteiger partial charge in [0, 0.05) is 18.1 Å². The van der Waals surface area contributed by atoms with Crippen molar-refractivity contribution in [2.75, 3.05) is 12.4 Å². The number of allylic oxidation sites excluding steroid dienone is 3. The Kier molecular flexibility index (Phi) is 5.52. The largest absolute Gasteiger partial charge is 0.292 e. The van der Waals surface area contributed by atoms with E-state index in [1.807, 2.05) is 12.2 Å². The van der Waals surface area contributed by atoms with Crippen molar-refractivity contribution in [1.29, 1.82) is 0 Å². The highest BCUT2D eigenvalue weighted by atomic mass is 79.9. The molecule has 0 aromatic heterocycles. The number of hydrogen-bond donors (Lipinski definition) is 0. The first kappa shape index (κ1) is 8.63. The highest BCUT2D eigenvalue weighted by Gasteiger charge is 1.83. The number of alkyl halides is 1. The third-order valence-corrected chi connectivity index (χ3v) is 1.42. The van der Waals surface area contributed by atoms with Crippen LogP contribution < -0.4 is 0 Å². The molecule has 0 aliphatic carbocycles. The van der Waals surface area contributed by atoms with Crippen molar-refractivity contribution in [3.05, 3.63) is 24.8 Å². The summed E-state index contributed by atoms with van der Waals surface area (Å²) >= 11 is 3.29. The normalized spacial score (nSPS) is 12.4. The molecule has 0 spiro atoms. The smallest absolute Gasteiger partial charge is 0.0452 e. The molecular weight excluding hydrogens is 178 g/mol. The highest BCUT2D eigenvalue weighted by molar-refractivity contribution is 9.09.